The largest absolute Gasteiger partial charge is 0.480 e. The van der Waals surface area contributed by atoms with Crippen LogP contribution in [0.5, 0.6) is 0 Å². The molecule has 0 saturated heterocycles. The monoisotopic (exact) mass is 635 g/mol. The smallest absolute Gasteiger partial charge is 0.472 e. The molecule has 0 heterocycles. The molecule has 2 atom stereocenters. The second-order valence-electron chi connectivity index (χ2n) is 9.43. The molecular formula is C25H38N3O14P. The van der Waals surface area contributed by atoms with E-state index in [1.54, 1.807) is 0 Å². The van der Waals surface area contributed by atoms with Gasteiger partial charge in [-0.15, -0.1) is 0 Å². The topological polar surface area (TPSA) is 261 Å². The first-order valence-electron chi connectivity index (χ1n) is 13.2. The van der Waals surface area contributed by atoms with Gasteiger partial charge in [0, 0.05) is 19.1 Å². The van der Waals surface area contributed by atoms with Gasteiger partial charge in [0.1, 0.15) is 0 Å². The van der Waals surface area contributed by atoms with Crippen LogP contribution in [0.3, 0.4) is 0 Å². The van der Waals surface area contributed by atoms with Crippen LogP contribution in [0.4, 0.5) is 0 Å². The number of hydrogen-bond acceptors (Lipinski definition) is 11. The maximum Gasteiger partial charge on any atom is 0.472 e. The zero-order valence-corrected chi connectivity index (χ0v) is 24.2. The quantitative estimate of drug-likeness (QED) is 0.0420. The van der Waals surface area contributed by atoms with Crippen LogP contribution >= 0.6 is 7.82 Å². The van der Waals surface area contributed by atoms with Gasteiger partial charge in [-0.25, -0.2) is 14.2 Å². The Bertz CT molecular complexity index is 1080. The predicted molar refractivity (Wildman–Crippen MR) is 147 cm³/mol. The molecule has 0 fully saturated rings. The van der Waals surface area contributed by atoms with E-state index in [0.717, 1.165) is 10.5 Å². The zero-order chi connectivity index (χ0) is 32.4. The molecule has 0 aliphatic carbocycles. The minimum absolute atomic E-state index is 0.0420. The molecule has 18 heteroatoms. The molecule has 0 radical (unpaired) electrons. The van der Waals surface area contributed by atoms with Crippen molar-refractivity contribution in [2.24, 2.45) is 0 Å². The Hall–Kier alpha value is -3.44. The summed E-state index contributed by atoms with van der Waals surface area (Å²) in [4.78, 5) is 68.7. The van der Waals surface area contributed by atoms with Crippen molar-refractivity contribution < 1.29 is 68.0 Å². The Kier molecular flexibility index (Phi) is 17.2. The highest BCUT2D eigenvalue weighted by molar-refractivity contribution is 7.47. The SMILES string of the molecule is O=C(O)CN(CCCNC(C(=O)O)C(=O)O)CC(COP(=O)(O)OCCCCc1ccccc1)N(CC(=O)O)CC(=O)O. The molecule has 0 aliphatic heterocycles. The molecule has 2 unspecified atom stereocenters. The lowest BCUT2D eigenvalue weighted by molar-refractivity contribution is -0.151. The third-order valence-corrected chi connectivity index (χ3v) is 6.89. The summed E-state index contributed by atoms with van der Waals surface area (Å²) in [5.74, 6) is -7.41. The summed E-state index contributed by atoms with van der Waals surface area (Å²) in [6.07, 6.45) is 1.82. The van der Waals surface area contributed by atoms with Gasteiger partial charge in [0.05, 0.1) is 32.8 Å². The van der Waals surface area contributed by atoms with E-state index in [1.165, 1.54) is 4.90 Å². The van der Waals surface area contributed by atoms with Crippen LogP contribution in [0.25, 0.3) is 0 Å². The van der Waals surface area contributed by atoms with E-state index in [-0.39, 0.29) is 32.7 Å². The number of unbranched alkanes of at least 4 members (excludes halogenated alkanes) is 1. The normalized spacial score (nSPS) is 13.6. The van der Waals surface area contributed by atoms with Gasteiger partial charge < -0.3 is 30.4 Å². The van der Waals surface area contributed by atoms with Crippen molar-refractivity contribution >= 4 is 37.7 Å². The molecular weight excluding hydrogens is 597 g/mol. The number of aryl methyl sites for hydroxylation is 1. The number of benzene rings is 1. The third kappa shape index (κ3) is 17.3. The molecule has 0 aliphatic rings. The summed E-state index contributed by atoms with van der Waals surface area (Å²) >= 11 is 0. The predicted octanol–water partition coefficient (Wildman–Crippen LogP) is -0.113. The number of nitrogens with zero attached hydrogens (tertiary/aromatic N) is 2. The lowest BCUT2D eigenvalue weighted by Gasteiger charge is -2.33. The average molecular weight is 636 g/mol. The van der Waals surface area contributed by atoms with Gasteiger partial charge >= 0.3 is 37.7 Å². The van der Waals surface area contributed by atoms with Gasteiger partial charge in [0.15, 0.2) is 0 Å². The van der Waals surface area contributed by atoms with E-state index in [1.807, 2.05) is 30.3 Å². The van der Waals surface area contributed by atoms with Crippen molar-refractivity contribution in [1.82, 2.24) is 15.1 Å². The first-order chi connectivity index (χ1) is 20.2. The van der Waals surface area contributed by atoms with Crippen LogP contribution in [-0.4, -0.2) is 135 Å². The van der Waals surface area contributed by atoms with Gasteiger partial charge in [-0.3, -0.25) is 38.5 Å². The molecule has 43 heavy (non-hydrogen) atoms. The van der Waals surface area contributed by atoms with Gasteiger partial charge in [-0.2, -0.15) is 0 Å². The Balaban J connectivity index is 2.88. The van der Waals surface area contributed by atoms with Crippen LogP contribution < -0.4 is 5.32 Å². The van der Waals surface area contributed by atoms with E-state index in [2.05, 4.69) is 5.32 Å². The number of rotatable bonds is 25. The summed E-state index contributed by atoms with van der Waals surface area (Å²) in [5.41, 5.74) is 1.08. The number of carboxylic acids is 5. The van der Waals surface area contributed by atoms with Crippen molar-refractivity contribution in [3.8, 4) is 0 Å². The van der Waals surface area contributed by atoms with Crippen molar-refractivity contribution in [1.29, 1.82) is 0 Å². The average Bonchev–Trinajstić information content (AvgIpc) is 2.89. The first-order valence-corrected chi connectivity index (χ1v) is 14.7. The Morgan fingerprint density at radius 3 is 1.93 bits per heavy atom. The summed E-state index contributed by atoms with van der Waals surface area (Å²) in [6, 6.07) is 6.42. The van der Waals surface area contributed by atoms with Crippen LogP contribution in [0, 0.1) is 0 Å². The molecule has 0 spiro atoms. The molecule has 1 aromatic rings. The van der Waals surface area contributed by atoms with Gasteiger partial charge in [0.25, 0.3) is 0 Å². The minimum Gasteiger partial charge on any atom is -0.480 e. The van der Waals surface area contributed by atoms with E-state index in [9.17, 15) is 48.8 Å². The minimum atomic E-state index is -4.67. The fourth-order valence-corrected chi connectivity index (χ4v) is 4.76. The van der Waals surface area contributed by atoms with Gasteiger partial charge in [-0.05, 0) is 37.8 Å². The number of carboxylic acid groups (broad SMARTS) is 5. The number of phosphoric acid groups is 1. The number of carbonyl (C=O) groups is 5. The highest BCUT2D eigenvalue weighted by atomic mass is 31.2. The van der Waals surface area contributed by atoms with E-state index in [0.29, 0.717) is 19.3 Å². The number of phosphoric ester groups is 1. The second kappa shape index (κ2) is 19.7. The molecule has 0 bridgehead atoms. The van der Waals surface area contributed by atoms with Crippen molar-refractivity contribution in [2.75, 3.05) is 52.5 Å². The summed E-state index contributed by atoms with van der Waals surface area (Å²) in [6.45, 7) is -3.68. The standard InChI is InChI=1S/C25H38N3O14P/c29-20(30)14-27(11-6-10-26-23(24(35)36)25(37)38)13-19(28(15-21(31)32)16-22(33)34)17-42-43(39,40)41-12-5-4-9-18-7-2-1-3-8-18/h1-3,7-8,19,23,26H,4-6,9-17H2,(H,29,30)(H,31,32)(H,33,34)(H,35,36)(H,37,38)(H,39,40). The maximum atomic E-state index is 12.5. The van der Waals surface area contributed by atoms with E-state index in [4.69, 9.17) is 19.3 Å². The second-order valence-corrected chi connectivity index (χ2v) is 10.9. The molecule has 0 aromatic heterocycles. The Morgan fingerprint density at radius 1 is 0.814 bits per heavy atom. The number of hydrogen-bond donors (Lipinski definition) is 7. The molecule has 1 aromatic carbocycles. The molecule has 1 rings (SSSR count). The highest BCUT2D eigenvalue weighted by Gasteiger charge is 2.31. The highest BCUT2D eigenvalue weighted by Crippen LogP contribution is 2.43. The summed E-state index contributed by atoms with van der Waals surface area (Å²) in [5, 5.41) is 48.1. The first kappa shape index (κ1) is 37.6. The lowest BCUT2D eigenvalue weighted by Crippen LogP contribution is -2.51. The third-order valence-electron chi connectivity index (χ3n) is 5.90. The number of nitrogens with one attached hydrogen (secondary N) is 1. The molecule has 7 N–H and O–H groups in total. The van der Waals surface area contributed by atoms with E-state index >= 15 is 0 Å². The fraction of sp³-hybridized carbons (Fsp3) is 0.560. The molecule has 0 amide bonds. The number of aliphatic carboxylic acids is 5. The summed E-state index contributed by atoms with van der Waals surface area (Å²) < 4.78 is 22.6. The molecule has 0 saturated carbocycles. The van der Waals surface area contributed by atoms with Gasteiger partial charge in [0.2, 0.25) is 6.04 Å². The summed E-state index contributed by atoms with van der Waals surface area (Å²) in [7, 11) is -4.67. The zero-order valence-electron chi connectivity index (χ0n) is 23.3. The van der Waals surface area contributed by atoms with Crippen molar-refractivity contribution in [2.45, 2.75) is 37.8 Å². The van der Waals surface area contributed by atoms with Crippen LogP contribution in [0.2, 0.25) is 0 Å². The molecule has 242 valence electrons. The lowest BCUT2D eigenvalue weighted by atomic mass is 10.1. The van der Waals surface area contributed by atoms with E-state index < -0.39 is 76.0 Å². The van der Waals surface area contributed by atoms with Gasteiger partial charge in [-0.1, -0.05) is 30.3 Å². The Morgan fingerprint density at radius 2 is 1.40 bits per heavy atom. The van der Waals surface area contributed by atoms with Crippen LogP contribution in [0.15, 0.2) is 30.3 Å². The van der Waals surface area contributed by atoms with Crippen molar-refractivity contribution in [3.63, 3.8) is 0 Å². The van der Waals surface area contributed by atoms with Crippen LogP contribution in [-0.2, 0) is 44.0 Å². The molecule has 17 nitrogen and oxygen atoms in total. The fourth-order valence-electron chi connectivity index (χ4n) is 3.96. The van der Waals surface area contributed by atoms with Crippen LogP contribution in [0.1, 0.15) is 24.8 Å². The Labute approximate surface area is 247 Å². The van der Waals surface area contributed by atoms with Crippen molar-refractivity contribution in [3.05, 3.63) is 35.9 Å². The maximum absolute atomic E-state index is 12.5.